The first-order valence-corrected chi connectivity index (χ1v) is 9.17. The summed E-state index contributed by atoms with van der Waals surface area (Å²) in [4.78, 5) is 15.6. The molecule has 1 saturated heterocycles. The first-order valence-electron chi connectivity index (χ1n) is 9.17. The van der Waals surface area contributed by atoms with Gasteiger partial charge < -0.3 is 15.1 Å². The fourth-order valence-corrected chi connectivity index (χ4v) is 3.28. The quantitative estimate of drug-likeness (QED) is 0.657. The molecule has 8 nitrogen and oxygen atoms in total. The molecule has 0 saturated carbocycles. The van der Waals surface area contributed by atoms with Crippen LogP contribution in [0.1, 0.15) is 0 Å². The average Bonchev–Trinajstić information content (AvgIpc) is 3.21. The second-order valence-electron chi connectivity index (χ2n) is 6.70. The summed E-state index contributed by atoms with van der Waals surface area (Å²) in [6, 6.07) is 15.5. The van der Waals surface area contributed by atoms with Gasteiger partial charge in [0, 0.05) is 5.69 Å². The van der Waals surface area contributed by atoms with Crippen LogP contribution in [0.4, 0.5) is 16.0 Å². The van der Waals surface area contributed by atoms with E-state index >= 15 is 0 Å². The van der Waals surface area contributed by atoms with Gasteiger partial charge in [-0.1, -0.05) is 23.3 Å². The van der Waals surface area contributed by atoms with Gasteiger partial charge in [0.15, 0.2) is 6.54 Å². The van der Waals surface area contributed by atoms with Crippen LogP contribution < -0.4 is 15.1 Å². The van der Waals surface area contributed by atoms with E-state index in [1.807, 2.05) is 30.3 Å². The number of carbonyl (C=O) groups excluding carboxylic acids is 1. The fourth-order valence-electron chi connectivity index (χ4n) is 3.28. The van der Waals surface area contributed by atoms with Gasteiger partial charge in [0.05, 0.1) is 31.9 Å². The van der Waals surface area contributed by atoms with Crippen molar-refractivity contribution in [1.29, 1.82) is 0 Å². The summed E-state index contributed by atoms with van der Waals surface area (Å²) in [7, 11) is 0. The lowest BCUT2D eigenvalue weighted by Crippen LogP contribution is -3.15. The Bertz CT molecular complexity index is 921. The molecule has 1 aliphatic rings. The van der Waals surface area contributed by atoms with Gasteiger partial charge in [-0.05, 0) is 46.8 Å². The van der Waals surface area contributed by atoms with Crippen LogP contribution in [0.2, 0.25) is 0 Å². The summed E-state index contributed by atoms with van der Waals surface area (Å²) in [5.74, 6) is 0.308. The zero-order valence-electron chi connectivity index (χ0n) is 15.3. The molecule has 0 aliphatic carbocycles. The summed E-state index contributed by atoms with van der Waals surface area (Å²) in [6.07, 6.45) is 0. The molecule has 2 aromatic carbocycles. The number of anilines is 2. The zero-order valence-corrected chi connectivity index (χ0v) is 15.3. The van der Waals surface area contributed by atoms with Gasteiger partial charge >= 0.3 is 0 Å². The topological polar surface area (TPSA) is 80.4 Å². The van der Waals surface area contributed by atoms with Crippen molar-refractivity contribution in [3.63, 3.8) is 0 Å². The number of piperazine rings is 1. The molecule has 0 spiro atoms. The highest BCUT2D eigenvalue weighted by atomic mass is 19.1. The van der Waals surface area contributed by atoms with Crippen LogP contribution in [0.25, 0.3) is 5.69 Å². The van der Waals surface area contributed by atoms with Crippen molar-refractivity contribution in [3.05, 3.63) is 60.4 Å². The highest BCUT2D eigenvalue weighted by Crippen LogP contribution is 2.15. The molecule has 0 bridgehead atoms. The Hall–Kier alpha value is -3.33. The van der Waals surface area contributed by atoms with Gasteiger partial charge in [-0.2, -0.15) is 4.68 Å². The Morgan fingerprint density at radius 3 is 2.50 bits per heavy atom. The second kappa shape index (κ2) is 8.13. The van der Waals surface area contributed by atoms with Crippen molar-refractivity contribution in [2.45, 2.75) is 0 Å². The van der Waals surface area contributed by atoms with Crippen LogP contribution >= 0.6 is 0 Å². The molecule has 2 heterocycles. The van der Waals surface area contributed by atoms with Crippen LogP contribution in [0.3, 0.4) is 0 Å². The van der Waals surface area contributed by atoms with Crippen molar-refractivity contribution < 1.29 is 14.1 Å². The van der Waals surface area contributed by atoms with Crippen LogP contribution in [0, 0.1) is 5.82 Å². The van der Waals surface area contributed by atoms with Crippen LogP contribution in [-0.4, -0.2) is 58.8 Å². The molecule has 144 valence electrons. The van der Waals surface area contributed by atoms with E-state index in [0.29, 0.717) is 18.2 Å². The number of hydrogen-bond acceptors (Lipinski definition) is 5. The molecule has 1 fully saturated rings. The standard InChI is InChI=1S/C19H20FN7O/c20-15-6-8-16(9-7-15)21-18(28)14-25-10-12-26(13-11-25)19-22-23-24-27(19)17-4-2-1-3-5-17/h1-9H,10-14H2,(H,21,28)/p+1. The predicted octanol–water partition coefficient (Wildman–Crippen LogP) is 0.145. The lowest BCUT2D eigenvalue weighted by Gasteiger charge is -2.31. The number of para-hydroxylation sites is 1. The largest absolute Gasteiger partial charge is 0.328 e. The maximum atomic E-state index is 12.9. The monoisotopic (exact) mass is 382 g/mol. The maximum Gasteiger partial charge on any atom is 0.279 e. The lowest BCUT2D eigenvalue weighted by atomic mass is 10.3. The molecular weight excluding hydrogens is 361 g/mol. The Balaban J connectivity index is 1.32. The molecule has 1 aliphatic heterocycles. The number of benzene rings is 2. The van der Waals surface area contributed by atoms with E-state index in [2.05, 4.69) is 25.7 Å². The summed E-state index contributed by atoms with van der Waals surface area (Å²) in [5, 5.41) is 14.9. The number of quaternary nitrogens is 1. The van der Waals surface area contributed by atoms with E-state index in [1.54, 1.807) is 16.8 Å². The Kier molecular flexibility index (Phi) is 5.24. The summed E-state index contributed by atoms with van der Waals surface area (Å²) in [5.41, 5.74) is 1.52. The summed E-state index contributed by atoms with van der Waals surface area (Å²) >= 11 is 0. The fraction of sp³-hybridized carbons (Fsp3) is 0.263. The number of amides is 1. The number of nitrogens with zero attached hydrogens (tertiary/aromatic N) is 5. The SMILES string of the molecule is O=C(C[NH+]1CCN(c2nnnn2-c2ccccc2)CC1)Nc1ccc(F)cc1. The van der Waals surface area contributed by atoms with Crippen LogP contribution in [0.5, 0.6) is 0 Å². The van der Waals surface area contributed by atoms with E-state index in [9.17, 15) is 9.18 Å². The molecule has 28 heavy (non-hydrogen) atoms. The molecular formula is C19H21FN7O+. The van der Waals surface area contributed by atoms with Gasteiger partial charge in [0.25, 0.3) is 11.9 Å². The van der Waals surface area contributed by atoms with Crippen molar-refractivity contribution >= 4 is 17.5 Å². The molecule has 1 aromatic heterocycles. The zero-order chi connectivity index (χ0) is 19.3. The lowest BCUT2D eigenvalue weighted by molar-refractivity contribution is -0.892. The number of halogens is 1. The van der Waals surface area contributed by atoms with E-state index in [1.165, 1.54) is 17.0 Å². The molecule has 0 atom stereocenters. The first-order chi connectivity index (χ1) is 13.7. The van der Waals surface area contributed by atoms with Crippen LogP contribution in [-0.2, 0) is 4.79 Å². The van der Waals surface area contributed by atoms with Gasteiger partial charge in [-0.15, -0.1) is 0 Å². The summed E-state index contributed by atoms with van der Waals surface area (Å²) in [6.45, 7) is 3.49. The molecule has 9 heteroatoms. The minimum atomic E-state index is -0.322. The normalized spacial score (nSPS) is 14.8. The third kappa shape index (κ3) is 4.15. The van der Waals surface area contributed by atoms with Crippen molar-refractivity contribution in [2.75, 3.05) is 42.9 Å². The third-order valence-corrected chi connectivity index (χ3v) is 4.75. The molecule has 2 N–H and O–H groups in total. The van der Waals surface area contributed by atoms with E-state index in [4.69, 9.17) is 0 Å². The Labute approximate surface area is 161 Å². The Morgan fingerprint density at radius 2 is 1.79 bits per heavy atom. The highest BCUT2D eigenvalue weighted by Gasteiger charge is 2.25. The van der Waals surface area contributed by atoms with E-state index in [-0.39, 0.29) is 11.7 Å². The smallest absolute Gasteiger partial charge is 0.279 e. The highest BCUT2D eigenvalue weighted by molar-refractivity contribution is 5.91. The number of rotatable bonds is 5. The van der Waals surface area contributed by atoms with Gasteiger partial charge in [-0.3, -0.25) is 4.79 Å². The van der Waals surface area contributed by atoms with Gasteiger partial charge in [0.2, 0.25) is 0 Å². The molecule has 4 rings (SSSR count). The molecule has 0 radical (unpaired) electrons. The van der Waals surface area contributed by atoms with Gasteiger partial charge in [0.1, 0.15) is 5.82 Å². The molecule has 0 unspecified atom stereocenters. The third-order valence-electron chi connectivity index (χ3n) is 4.75. The number of nitrogens with one attached hydrogen (secondary N) is 2. The maximum absolute atomic E-state index is 12.9. The first kappa shape index (κ1) is 18.1. The van der Waals surface area contributed by atoms with Gasteiger partial charge in [-0.25, -0.2) is 4.39 Å². The number of hydrogen-bond donors (Lipinski definition) is 2. The van der Waals surface area contributed by atoms with Crippen LogP contribution in [0.15, 0.2) is 54.6 Å². The number of tetrazole rings is 1. The predicted molar refractivity (Wildman–Crippen MR) is 102 cm³/mol. The second-order valence-corrected chi connectivity index (χ2v) is 6.70. The average molecular weight is 382 g/mol. The number of carbonyl (C=O) groups is 1. The van der Waals surface area contributed by atoms with E-state index < -0.39 is 0 Å². The van der Waals surface area contributed by atoms with Crippen molar-refractivity contribution in [2.24, 2.45) is 0 Å². The summed E-state index contributed by atoms with van der Waals surface area (Å²) < 4.78 is 14.7. The minimum Gasteiger partial charge on any atom is -0.328 e. The minimum absolute atomic E-state index is 0.0795. The molecule has 3 aromatic rings. The number of aromatic nitrogens is 4. The Morgan fingerprint density at radius 1 is 1.07 bits per heavy atom. The molecule has 1 amide bonds. The van der Waals surface area contributed by atoms with Crippen molar-refractivity contribution in [3.8, 4) is 5.69 Å². The van der Waals surface area contributed by atoms with E-state index in [0.717, 1.165) is 31.9 Å². The van der Waals surface area contributed by atoms with Crippen molar-refractivity contribution in [1.82, 2.24) is 20.2 Å².